The number of methoxy groups -OCH3 is 1. The number of carbonyl (C=O) groups excluding carboxylic acids is 3. The molecule has 0 spiro atoms. The predicted octanol–water partition coefficient (Wildman–Crippen LogP) is 3.18. The van der Waals surface area contributed by atoms with Crippen molar-refractivity contribution in [2.45, 2.75) is 19.4 Å². The molecule has 1 atom stereocenters. The van der Waals surface area contributed by atoms with E-state index in [9.17, 15) is 14.4 Å². The van der Waals surface area contributed by atoms with Crippen LogP contribution in [0.4, 0.5) is 4.79 Å². The minimum absolute atomic E-state index is 0.298. The molecule has 6 heteroatoms. The van der Waals surface area contributed by atoms with Gasteiger partial charge in [0.25, 0.3) is 5.91 Å². The number of rotatable bonds is 7. The van der Waals surface area contributed by atoms with E-state index in [1.165, 1.54) is 19.1 Å². The van der Waals surface area contributed by atoms with Crippen LogP contribution in [0.15, 0.2) is 66.5 Å². The summed E-state index contributed by atoms with van der Waals surface area (Å²) in [6.45, 7) is 6.92. The van der Waals surface area contributed by atoms with Crippen LogP contribution in [-0.4, -0.2) is 53.8 Å². The summed E-state index contributed by atoms with van der Waals surface area (Å²) >= 11 is 0. The lowest BCUT2D eigenvalue weighted by molar-refractivity contribution is -0.130. The number of ketones is 1. The maximum atomic E-state index is 13.0. The van der Waals surface area contributed by atoms with Gasteiger partial charge >= 0.3 is 6.03 Å². The summed E-state index contributed by atoms with van der Waals surface area (Å²) in [7, 11) is 3.01. The van der Waals surface area contributed by atoms with Crippen molar-refractivity contribution < 1.29 is 19.1 Å². The minimum Gasteiger partial charge on any atom is -0.497 e. The Morgan fingerprint density at radius 1 is 1.22 bits per heavy atom. The highest BCUT2D eigenvalue weighted by molar-refractivity contribution is 6.11. The molecule has 1 fully saturated rings. The number of hydrogen-bond acceptors (Lipinski definition) is 4. The fourth-order valence-electron chi connectivity index (χ4n) is 2.72. The van der Waals surface area contributed by atoms with Gasteiger partial charge in [-0.3, -0.25) is 14.5 Å². The minimum atomic E-state index is -1.25. The molecule has 0 N–H and O–H groups in total. The average molecular weight is 368 g/mol. The number of ether oxygens (including phenoxy) is 1. The Bertz CT molecular complexity index is 826. The Labute approximate surface area is 159 Å². The van der Waals surface area contributed by atoms with Crippen LogP contribution in [0.3, 0.4) is 0 Å². The van der Waals surface area contributed by atoms with Crippen LogP contribution in [-0.2, 0) is 9.53 Å². The lowest BCUT2D eigenvalue weighted by Gasteiger charge is -2.25. The summed E-state index contributed by atoms with van der Waals surface area (Å²) < 4.78 is 5.30. The van der Waals surface area contributed by atoms with Gasteiger partial charge in [-0.2, -0.15) is 0 Å². The van der Waals surface area contributed by atoms with Crippen molar-refractivity contribution in [3.63, 3.8) is 0 Å². The topological polar surface area (TPSA) is 66.9 Å². The van der Waals surface area contributed by atoms with E-state index in [4.69, 9.17) is 4.74 Å². The summed E-state index contributed by atoms with van der Waals surface area (Å²) in [5, 5.41) is 0. The zero-order chi connectivity index (χ0) is 20.2. The van der Waals surface area contributed by atoms with Crippen LogP contribution in [0.25, 0.3) is 0 Å². The number of Topliss-reactive ketones (excluding diaryl/α,β-unsaturated/α-hetero) is 1. The van der Waals surface area contributed by atoms with E-state index in [2.05, 4.69) is 6.58 Å². The second-order valence-corrected chi connectivity index (χ2v) is 6.60. The molecule has 0 radical (unpaired) electrons. The predicted molar refractivity (Wildman–Crippen MR) is 103 cm³/mol. The van der Waals surface area contributed by atoms with Crippen LogP contribution < -0.4 is 0 Å². The molecular weight excluding hydrogens is 344 g/mol. The first-order valence-electron chi connectivity index (χ1n) is 8.49. The molecule has 0 saturated carbocycles. The normalized spacial score (nSPS) is 20.5. The first kappa shape index (κ1) is 20.2. The number of carbonyl (C=O) groups is 3. The molecule has 0 aliphatic carbocycles. The zero-order valence-electron chi connectivity index (χ0n) is 16.1. The van der Waals surface area contributed by atoms with Crippen LogP contribution in [0.5, 0.6) is 0 Å². The number of urea groups is 1. The molecule has 3 amide bonds. The van der Waals surface area contributed by atoms with E-state index in [0.29, 0.717) is 11.3 Å². The molecule has 1 aliphatic rings. The van der Waals surface area contributed by atoms with Gasteiger partial charge in [0.2, 0.25) is 0 Å². The van der Waals surface area contributed by atoms with Gasteiger partial charge < -0.3 is 9.64 Å². The number of allylic oxidation sites excluding steroid dienone is 3. The molecule has 1 aromatic rings. The van der Waals surface area contributed by atoms with Crippen molar-refractivity contribution in [1.82, 2.24) is 9.80 Å². The average Bonchev–Trinajstić information content (AvgIpc) is 2.81. The van der Waals surface area contributed by atoms with Crippen LogP contribution >= 0.6 is 0 Å². The van der Waals surface area contributed by atoms with Gasteiger partial charge in [0, 0.05) is 12.6 Å². The zero-order valence-corrected chi connectivity index (χ0v) is 16.1. The number of imide groups is 1. The summed E-state index contributed by atoms with van der Waals surface area (Å²) in [6, 6.07) is 8.05. The summed E-state index contributed by atoms with van der Waals surface area (Å²) in [5.74, 6) is -0.352. The van der Waals surface area contributed by atoms with Crippen molar-refractivity contribution in [2.75, 3.05) is 20.7 Å². The number of amides is 3. The molecular formula is C21H24N2O4. The monoisotopic (exact) mass is 368 g/mol. The molecule has 1 aliphatic heterocycles. The molecule has 142 valence electrons. The lowest BCUT2D eigenvalue weighted by Crippen LogP contribution is -2.43. The molecule has 0 aromatic heterocycles. The molecule has 2 rings (SSSR count). The van der Waals surface area contributed by atoms with E-state index in [1.54, 1.807) is 55.5 Å². The Morgan fingerprint density at radius 2 is 1.85 bits per heavy atom. The fourth-order valence-corrected chi connectivity index (χ4v) is 2.72. The number of likely N-dealkylation sites (N-methyl/N-ethyl adjacent to an activating group) is 1. The molecule has 27 heavy (non-hydrogen) atoms. The van der Waals surface area contributed by atoms with Gasteiger partial charge in [-0.15, -0.1) is 0 Å². The van der Waals surface area contributed by atoms with Crippen molar-refractivity contribution in [1.29, 1.82) is 0 Å². The highest BCUT2D eigenvalue weighted by Gasteiger charge is 2.52. The molecule has 0 bridgehead atoms. The highest BCUT2D eigenvalue weighted by Crippen LogP contribution is 2.29. The van der Waals surface area contributed by atoms with Gasteiger partial charge in [-0.25, -0.2) is 4.79 Å². The third-order valence-electron chi connectivity index (χ3n) is 4.48. The van der Waals surface area contributed by atoms with Gasteiger partial charge in [0.15, 0.2) is 5.78 Å². The molecule has 6 nitrogen and oxygen atoms in total. The number of benzene rings is 1. The van der Waals surface area contributed by atoms with E-state index < -0.39 is 17.5 Å². The van der Waals surface area contributed by atoms with Gasteiger partial charge in [-0.05, 0) is 26.0 Å². The van der Waals surface area contributed by atoms with Crippen molar-refractivity contribution in [3.8, 4) is 0 Å². The largest absolute Gasteiger partial charge is 0.497 e. The van der Waals surface area contributed by atoms with E-state index >= 15 is 0 Å². The third-order valence-corrected chi connectivity index (χ3v) is 4.48. The summed E-state index contributed by atoms with van der Waals surface area (Å²) in [4.78, 5) is 40.3. The summed E-state index contributed by atoms with van der Waals surface area (Å²) in [5.41, 5.74) is 0.0194. The second-order valence-electron chi connectivity index (χ2n) is 6.60. The van der Waals surface area contributed by atoms with Gasteiger partial charge in [0.05, 0.1) is 13.7 Å². The molecule has 1 aromatic carbocycles. The van der Waals surface area contributed by atoms with Crippen molar-refractivity contribution in [3.05, 3.63) is 72.0 Å². The Morgan fingerprint density at radius 3 is 2.41 bits per heavy atom. The number of nitrogens with zero attached hydrogens (tertiary/aromatic N) is 2. The molecule has 1 unspecified atom stereocenters. The third kappa shape index (κ3) is 4.16. The van der Waals surface area contributed by atoms with Crippen molar-refractivity contribution >= 4 is 17.7 Å². The maximum Gasteiger partial charge on any atom is 0.328 e. The van der Waals surface area contributed by atoms with Crippen LogP contribution in [0.2, 0.25) is 0 Å². The van der Waals surface area contributed by atoms with Crippen LogP contribution in [0.1, 0.15) is 24.2 Å². The second kappa shape index (κ2) is 8.03. The van der Waals surface area contributed by atoms with Gasteiger partial charge in [-0.1, -0.05) is 48.6 Å². The molecule has 1 heterocycles. The highest BCUT2D eigenvalue weighted by atomic mass is 16.5. The van der Waals surface area contributed by atoms with E-state index in [0.717, 1.165) is 10.5 Å². The quantitative estimate of drug-likeness (QED) is 0.321. The maximum absolute atomic E-state index is 13.0. The Balaban J connectivity index is 2.30. The van der Waals surface area contributed by atoms with Crippen molar-refractivity contribution in [2.24, 2.45) is 0 Å². The Kier molecular flexibility index (Phi) is 6.00. The van der Waals surface area contributed by atoms with E-state index in [1.807, 2.05) is 6.92 Å². The summed E-state index contributed by atoms with van der Waals surface area (Å²) in [6.07, 6.45) is 4.99. The Hall–Kier alpha value is -3.15. The number of hydrogen-bond donors (Lipinski definition) is 0. The standard InChI is InChI=1S/C21H24N2O4/c1-15(2)11-12-17(27-5)13-21(3)19(25)23(20(26)22(21)4)14-18(24)16-9-7-6-8-10-16/h6-13H,1,14H2,2-5H3/b12-11-,17-13-. The SMILES string of the molecule is C=C(C)/C=C\C(=C\C1(C)C(=O)N(CC(=O)c2ccccc2)C(=O)N1C)OC. The van der Waals surface area contributed by atoms with E-state index in [-0.39, 0.29) is 12.3 Å². The first-order chi connectivity index (χ1) is 12.7. The first-order valence-corrected chi connectivity index (χ1v) is 8.49. The molecule has 1 saturated heterocycles. The van der Waals surface area contributed by atoms with Crippen LogP contribution in [0, 0.1) is 0 Å². The smallest absolute Gasteiger partial charge is 0.328 e. The van der Waals surface area contributed by atoms with Gasteiger partial charge in [0.1, 0.15) is 11.3 Å². The fraction of sp³-hybridized carbons (Fsp3) is 0.286. The lowest BCUT2D eigenvalue weighted by atomic mass is 9.99.